The van der Waals surface area contributed by atoms with Crippen LogP contribution < -0.4 is 4.74 Å². The zero-order valence-electron chi connectivity index (χ0n) is 12.3. The van der Waals surface area contributed by atoms with Gasteiger partial charge < -0.3 is 14.6 Å². The molecular formula is C17H24N2O. The van der Waals surface area contributed by atoms with E-state index in [9.17, 15) is 0 Å². The Morgan fingerprint density at radius 1 is 1.35 bits per heavy atom. The molecule has 1 N–H and O–H groups in total. The number of fused-ring (bicyclic) bond motifs is 1. The molecule has 1 aliphatic heterocycles. The average Bonchev–Trinajstić information content (AvgIpc) is 2.91. The van der Waals surface area contributed by atoms with Crippen molar-refractivity contribution in [3.8, 4) is 5.75 Å². The first-order valence-electron chi connectivity index (χ1n) is 7.73. The molecule has 0 spiro atoms. The maximum absolute atomic E-state index is 5.86. The maximum atomic E-state index is 5.86. The Labute approximate surface area is 120 Å². The first-order chi connectivity index (χ1) is 9.81. The fraction of sp³-hybridized carbons (Fsp3) is 0.529. The molecule has 108 valence electrons. The molecule has 1 atom stereocenters. The number of aromatic amines is 1. The summed E-state index contributed by atoms with van der Waals surface area (Å²) in [6.07, 6.45) is 5.82. The molecule has 0 bridgehead atoms. The second-order valence-corrected chi connectivity index (χ2v) is 5.98. The van der Waals surface area contributed by atoms with Gasteiger partial charge in [0, 0.05) is 30.2 Å². The highest BCUT2D eigenvalue weighted by atomic mass is 16.5. The van der Waals surface area contributed by atoms with Crippen LogP contribution in [0.25, 0.3) is 10.9 Å². The van der Waals surface area contributed by atoms with Gasteiger partial charge in [0.05, 0.1) is 6.61 Å². The van der Waals surface area contributed by atoms with E-state index in [0.717, 1.165) is 31.2 Å². The SMILES string of the molecule is CC1CCCN(CCCOc2ccc3[nH]ccc3c2)C1. The number of hydrogen-bond donors (Lipinski definition) is 1. The van der Waals surface area contributed by atoms with Gasteiger partial charge in [0.2, 0.25) is 0 Å². The lowest BCUT2D eigenvalue weighted by atomic mass is 10.0. The summed E-state index contributed by atoms with van der Waals surface area (Å²) >= 11 is 0. The second kappa shape index (κ2) is 6.31. The quantitative estimate of drug-likeness (QED) is 0.841. The molecule has 3 nitrogen and oxygen atoms in total. The Morgan fingerprint density at radius 3 is 3.20 bits per heavy atom. The summed E-state index contributed by atoms with van der Waals surface area (Å²) in [5.41, 5.74) is 1.17. The van der Waals surface area contributed by atoms with Gasteiger partial charge in [-0.15, -0.1) is 0 Å². The van der Waals surface area contributed by atoms with Gasteiger partial charge in [0.25, 0.3) is 0 Å². The van der Waals surface area contributed by atoms with Gasteiger partial charge in [-0.05, 0) is 56.0 Å². The first-order valence-corrected chi connectivity index (χ1v) is 7.73. The average molecular weight is 272 g/mol. The van der Waals surface area contributed by atoms with Gasteiger partial charge in [0.15, 0.2) is 0 Å². The Balaban J connectivity index is 1.43. The van der Waals surface area contributed by atoms with Crippen LogP contribution in [0.3, 0.4) is 0 Å². The molecule has 0 radical (unpaired) electrons. The first kappa shape index (κ1) is 13.5. The lowest BCUT2D eigenvalue weighted by Gasteiger charge is -2.30. The number of nitrogens with one attached hydrogen (secondary N) is 1. The summed E-state index contributed by atoms with van der Waals surface area (Å²) in [7, 11) is 0. The normalized spacial score (nSPS) is 20.4. The van der Waals surface area contributed by atoms with E-state index in [1.54, 1.807) is 0 Å². The minimum atomic E-state index is 0.806. The van der Waals surface area contributed by atoms with Crippen molar-refractivity contribution < 1.29 is 4.74 Å². The highest BCUT2D eigenvalue weighted by Crippen LogP contribution is 2.20. The predicted octanol–water partition coefficient (Wildman–Crippen LogP) is 3.67. The molecule has 1 aromatic carbocycles. The van der Waals surface area contributed by atoms with E-state index in [0.29, 0.717) is 0 Å². The standard InChI is InChI=1S/C17H24N2O/c1-14-4-2-9-19(13-14)10-3-11-20-16-5-6-17-15(12-16)7-8-18-17/h5-8,12,14,18H,2-4,9-11,13H2,1H3. The number of hydrogen-bond acceptors (Lipinski definition) is 2. The third-order valence-corrected chi connectivity index (χ3v) is 4.15. The molecule has 1 fully saturated rings. The molecule has 1 aliphatic rings. The van der Waals surface area contributed by atoms with Crippen molar-refractivity contribution in [2.45, 2.75) is 26.2 Å². The molecule has 0 aliphatic carbocycles. The van der Waals surface area contributed by atoms with Crippen LogP contribution in [-0.2, 0) is 0 Å². The van der Waals surface area contributed by atoms with Gasteiger partial charge >= 0.3 is 0 Å². The fourth-order valence-electron chi connectivity index (χ4n) is 3.09. The summed E-state index contributed by atoms with van der Waals surface area (Å²) < 4.78 is 5.86. The largest absolute Gasteiger partial charge is 0.494 e. The Hall–Kier alpha value is -1.48. The smallest absolute Gasteiger partial charge is 0.120 e. The number of piperidine rings is 1. The molecule has 2 heterocycles. The summed E-state index contributed by atoms with van der Waals surface area (Å²) in [5, 5.41) is 1.22. The number of aromatic nitrogens is 1. The van der Waals surface area contributed by atoms with Crippen molar-refractivity contribution in [2.24, 2.45) is 5.92 Å². The molecule has 20 heavy (non-hydrogen) atoms. The van der Waals surface area contributed by atoms with E-state index >= 15 is 0 Å². The van der Waals surface area contributed by atoms with Crippen molar-refractivity contribution in [2.75, 3.05) is 26.2 Å². The monoisotopic (exact) mass is 272 g/mol. The predicted molar refractivity (Wildman–Crippen MR) is 83.2 cm³/mol. The topological polar surface area (TPSA) is 28.3 Å². The van der Waals surface area contributed by atoms with Gasteiger partial charge in [-0.2, -0.15) is 0 Å². The second-order valence-electron chi connectivity index (χ2n) is 5.98. The highest BCUT2D eigenvalue weighted by Gasteiger charge is 2.15. The molecule has 2 aromatic rings. The van der Waals surface area contributed by atoms with Crippen molar-refractivity contribution in [3.05, 3.63) is 30.5 Å². The van der Waals surface area contributed by atoms with E-state index < -0.39 is 0 Å². The number of nitrogens with zero attached hydrogens (tertiary/aromatic N) is 1. The third kappa shape index (κ3) is 3.34. The Kier molecular flexibility index (Phi) is 4.26. The molecule has 0 saturated carbocycles. The molecule has 1 aromatic heterocycles. The van der Waals surface area contributed by atoms with Crippen LogP contribution in [0.4, 0.5) is 0 Å². The number of likely N-dealkylation sites (tertiary alicyclic amines) is 1. The van der Waals surface area contributed by atoms with Gasteiger partial charge in [-0.3, -0.25) is 0 Å². The van der Waals surface area contributed by atoms with Gasteiger partial charge in [0.1, 0.15) is 5.75 Å². The van der Waals surface area contributed by atoms with Crippen molar-refractivity contribution in [3.63, 3.8) is 0 Å². The van der Waals surface area contributed by atoms with Crippen LogP contribution in [-0.4, -0.2) is 36.1 Å². The van der Waals surface area contributed by atoms with Crippen LogP contribution in [0.1, 0.15) is 26.2 Å². The maximum Gasteiger partial charge on any atom is 0.120 e. The highest BCUT2D eigenvalue weighted by molar-refractivity contribution is 5.80. The Morgan fingerprint density at radius 2 is 2.30 bits per heavy atom. The lowest BCUT2D eigenvalue weighted by molar-refractivity contribution is 0.170. The number of benzene rings is 1. The van der Waals surface area contributed by atoms with Crippen LogP contribution >= 0.6 is 0 Å². The Bertz CT molecular complexity index is 549. The lowest BCUT2D eigenvalue weighted by Crippen LogP contribution is -2.35. The number of ether oxygens (including phenoxy) is 1. The molecule has 3 heteroatoms. The minimum absolute atomic E-state index is 0.806. The molecule has 1 saturated heterocycles. The van der Waals surface area contributed by atoms with E-state index in [4.69, 9.17) is 4.74 Å². The van der Waals surface area contributed by atoms with Crippen LogP contribution in [0.2, 0.25) is 0 Å². The van der Waals surface area contributed by atoms with Crippen LogP contribution in [0.5, 0.6) is 5.75 Å². The van der Waals surface area contributed by atoms with E-state index in [-0.39, 0.29) is 0 Å². The van der Waals surface area contributed by atoms with Gasteiger partial charge in [-0.1, -0.05) is 6.92 Å². The number of rotatable bonds is 5. The van der Waals surface area contributed by atoms with E-state index in [1.807, 2.05) is 12.3 Å². The summed E-state index contributed by atoms with van der Waals surface area (Å²) in [4.78, 5) is 5.78. The zero-order valence-corrected chi connectivity index (χ0v) is 12.3. The molecule has 0 amide bonds. The fourth-order valence-corrected chi connectivity index (χ4v) is 3.09. The number of H-pyrrole nitrogens is 1. The molecule has 1 unspecified atom stereocenters. The summed E-state index contributed by atoms with van der Waals surface area (Å²) in [5.74, 6) is 1.84. The van der Waals surface area contributed by atoms with Crippen LogP contribution in [0, 0.1) is 5.92 Å². The molecule has 3 rings (SSSR count). The van der Waals surface area contributed by atoms with E-state index in [1.165, 1.54) is 36.8 Å². The van der Waals surface area contributed by atoms with Crippen molar-refractivity contribution in [1.29, 1.82) is 0 Å². The summed E-state index contributed by atoms with van der Waals surface area (Å²) in [6.45, 7) is 6.85. The zero-order chi connectivity index (χ0) is 13.8. The van der Waals surface area contributed by atoms with E-state index in [2.05, 4.69) is 35.0 Å². The summed E-state index contributed by atoms with van der Waals surface area (Å²) in [6, 6.07) is 8.31. The molecular weight excluding hydrogens is 248 g/mol. The van der Waals surface area contributed by atoms with Crippen LogP contribution in [0.15, 0.2) is 30.5 Å². The van der Waals surface area contributed by atoms with Gasteiger partial charge in [-0.25, -0.2) is 0 Å². The minimum Gasteiger partial charge on any atom is -0.494 e. The van der Waals surface area contributed by atoms with Crippen molar-refractivity contribution >= 4 is 10.9 Å². The third-order valence-electron chi connectivity index (χ3n) is 4.15. The van der Waals surface area contributed by atoms with Crippen molar-refractivity contribution in [1.82, 2.24) is 9.88 Å².